The second-order valence-electron chi connectivity index (χ2n) is 7.08. The van der Waals surface area contributed by atoms with Gasteiger partial charge in [-0.2, -0.15) is 36.5 Å². The lowest BCUT2D eigenvalue weighted by atomic mass is 10.1. The molecule has 0 atom stereocenters. The Kier molecular flexibility index (Phi) is 6.49. The van der Waals surface area contributed by atoms with Crippen LogP contribution in [-0.2, 0) is 12.4 Å². The lowest BCUT2D eigenvalue weighted by Crippen LogP contribution is -2.11. The van der Waals surface area contributed by atoms with Crippen molar-refractivity contribution in [2.45, 2.75) is 40.0 Å². The lowest BCUT2D eigenvalue weighted by Gasteiger charge is -2.11. The first-order valence-electron chi connectivity index (χ1n) is 10.0. The standard InChI is InChI=1S/C21H14F6N4.C2H6/c1-10-7-16(31-30-11(10)2)12-3-5-13(6-4-12)19-28-17-9-14(20(22,23)24)8-15(18(17)29-19)21(25,26)27;1-2/h3-9H,1-2H3,(H,28,29);1-2H3. The molecule has 33 heavy (non-hydrogen) atoms. The average Bonchev–Trinajstić information content (AvgIpc) is 3.19. The summed E-state index contributed by atoms with van der Waals surface area (Å²) in [4.78, 5) is 6.50. The number of hydrogen-bond acceptors (Lipinski definition) is 3. The zero-order valence-corrected chi connectivity index (χ0v) is 18.2. The van der Waals surface area contributed by atoms with Crippen molar-refractivity contribution >= 4 is 11.0 Å². The van der Waals surface area contributed by atoms with Crippen molar-refractivity contribution in [2.24, 2.45) is 0 Å². The minimum Gasteiger partial charge on any atom is -0.338 e. The van der Waals surface area contributed by atoms with Gasteiger partial charge >= 0.3 is 12.4 Å². The normalized spacial score (nSPS) is 11.9. The van der Waals surface area contributed by atoms with Gasteiger partial charge in [0, 0.05) is 11.1 Å². The van der Waals surface area contributed by atoms with Crippen LogP contribution in [0, 0.1) is 13.8 Å². The molecule has 0 aliphatic carbocycles. The molecule has 0 radical (unpaired) electrons. The highest BCUT2D eigenvalue weighted by Gasteiger charge is 2.39. The van der Waals surface area contributed by atoms with Gasteiger partial charge in [0.15, 0.2) is 0 Å². The Hall–Kier alpha value is -3.43. The minimum absolute atomic E-state index is 0.0255. The van der Waals surface area contributed by atoms with Crippen molar-refractivity contribution in [1.82, 2.24) is 20.2 Å². The van der Waals surface area contributed by atoms with Crippen molar-refractivity contribution in [3.63, 3.8) is 0 Å². The molecule has 0 fully saturated rings. The predicted molar refractivity (Wildman–Crippen MR) is 113 cm³/mol. The summed E-state index contributed by atoms with van der Waals surface area (Å²) >= 11 is 0. The van der Waals surface area contributed by atoms with Gasteiger partial charge in [-0.25, -0.2) is 4.98 Å². The van der Waals surface area contributed by atoms with Gasteiger partial charge in [-0.3, -0.25) is 0 Å². The number of benzene rings is 2. The van der Waals surface area contributed by atoms with Crippen molar-refractivity contribution in [3.05, 3.63) is 64.8 Å². The van der Waals surface area contributed by atoms with E-state index in [4.69, 9.17) is 0 Å². The Labute approximate surface area is 185 Å². The molecule has 2 aromatic carbocycles. The summed E-state index contributed by atoms with van der Waals surface area (Å²) in [5.41, 5.74) is -0.251. The molecule has 10 heteroatoms. The fourth-order valence-electron chi connectivity index (χ4n) is 3.12. The number of H-pyrrole nitrogens is 1. The Balaban J connectivity index is 0.00000149. The number of rotatable bonds is 2. The van der Waals surface area contributed by atoms with Crippen LogP contribution in [0.3, 0.4) is 0 Å². The smallest absolute Gasteiger partial charge is 0.338 e. The van der Waals surface area contributed by atoms with Gasteiger partial charge in [0.1, 0.15) is 11.3 Å². The van der Waals surface area contributed by atoms with Crippen LogP contribution in [-0.4, -0.2) is 20.2 Å². The van der Waals surface area contributed by atoms with Crippen LogP contribution in [0.15, 0.2) is 42.5 Å². The number of nitrogens with one attached hydrogen (secondary N) is 1. The Morgan fingerprint density at radius 3 is 1.91 bits per heavy atom. The van der Waals surface area contributed by atoms with Gasteiger partial charge in [0.2, 0.25) is 0 Å². The van der Waals surface area contributed by atoms with E-state index >= 15 is 0 Å². The highest BCUT2D eigenvalue weighted by atomic mass is 19.4. The van der Waals surface area contributed by atoms with Crippen molar-refractivity contribution < 1.29 is 26.3 Å². The molecule has 0 bridgehead atoms. The molecule has 4 rings (SSSR count). The van der Waals surface area contributed by atoms with Crippen LogP contribution >= 0.6 is 0 Å². The topological polar surface area (TPSA) is 54.5 Å². The average molecular weight is 466 g/mol. The summed E-state index contributed by atoms with van der Waals surface area (Å²) < 4.78 is 79.3. The molecule has 2 heterocycles. The summed E-state index contributed by atoms with van der Waals surface area (Å²) in [6, 6.07) is 9.13. The van der Waals surface area contributed by atoms with Gasteiger partial charge in [0.25, 0.3) is 0 Å². The Morgan fingerprint density at radius 1 is 0.758 bits per heavy atom. The SMILES string of the molecule is CC.Cc1cc(-c2ccc(-c3nc4c(C(F)(F)F)cc(C(F)(F)F)cc4[nH]3)cc2)nnc1C. The number of imidazole rings is 1. The monoisotopic (exact) mass is 466 g/mol. The third kappa shape index (κ3) is 4.99. The van der Waals surface area contributed by atoms with E-state index in [1.807, 2.05) is 33.8 Å². The Morgan fingerprint density at radius 2 is 1.36 bits per heavy atom. The van der Waals surface area contributed by atoms with Crippen molar-refractivity contribution in [1.29, 1.82) is 0 Å². The summed E-state index contributed by atoms with van der Waals surface area (Å²) in [6.45, 7) is 7.72. The molecule has 0 aliphatic heterocycles. The molecule has 2 aromatic heterocycles. The quantitative estimate of drug-likeness (QED) is 0.314. The van der Waals surface area contributed by atoms with E-state index in [0.29, 0.717) is 17.3 Å². The van der Waals surface area contributed by atoms with Crippen LogP contribution in [0.1, 0.15) is 36.2 Å². The van der Waals surface area contributed by atoms with Crippen LogP contribution in [0.25, 0.3) is 33.7 Å². The van der Waals surface area contributed by atoms with E-state index in [1.54, 1.807) is 24.3 Å². The number of aromatic nitrogens is 4. The lowest BCUT2D eigenvalue weighted by molar-refractivity contribution is -0.142. The first-order chi connectivity index (χ1) is 15.4. The maximum absolute atomic E-state index is 13.4. The first kappa shape index (κ1) is 24.2. The van der Waals surface area contributed by atoms with E-state index in [9.17, 15) is 26.3 Å². The van der Waals surface area contributed by atoms with Crippen LogP contribution in [0.4, 0.5) is 26.3 Å². The minimum atomic E-state index is -4.99. The molecule has 4 nitrogen and oxygen atoms in total. The van der Waals surface area contributed by atoms with Gasteiger partial charge in [-0.1, -0.05) is 38.1 Å². The van der Waals surface area contributed by atoms with Crippen LogP contribution in [0.5, 0.6) is 0 Å². The highest BCUT2D eigenvalue weighted by molar-refractivity contribution is 5.84. The summed E-state index contributed by atoms with van der Waals surface area (Å²) in [6.07, 6.45) is -9.91. The molecular weight excluding hydrogens is 446 g/mol. The van der Waals surface area contributed by atoms with Crippen molar-refractivity contribution in [3.8, 4) is 22.6 Å². The maximum atomic E-state index is 13.4. The number of halogens is 6. The number of aromatic amines is 1. The molecule has 0 amide bonds. The molecule has 174 valence electrons. The largest absolute Gasteiger partial charge is 0.418 e. The summed E-state index contributed by atoms with van der Waals surface area (Å²) in [7, 11) is 0. The maximum Gasteiger partial charge on any atom is 0.418 e. The third-order valence-corrected chi connectivity index (χ3v) is 4.91. The zero-order valence-electron chi connectivity index (χ0n) is 18.2. The van der Waals surface area contributed by atoms with Gasteiger partial charge in [-0.05, 0) is 37.6 Å². The van der Waals surface area contributed by atoms with E-state index in [0.717, 1.165) is 16.8 Å². The van der Waals surface area contributed by atoms with Gasteiger partial charge in [-0.15, -0.1) is 0 Å². The van der Waals surface area contributed by atoms with Gasteiger partial charge < -0.3 is 4.98 Å². The number of alkyl halides is 6. The fraction of sp³-hybridized carbons (Fsp3) is 0.261. The van der Waals surface area contributed by atoms with Crippen LogP contribution in [0.2, 0.25) is 0 Å². The molecule has 0 aliphatic rings. The Bertz CT molecular complexity index is 1270. The molecule has 0 spiro atoms. The molecule has 1 N–H and O–H groups in total. The van der Waals surface area contributed by atoms with E-state index in [2.05, 4.69) is 20.2 Å². The van der Waals surface area contributed by atoms with Crippen molar-refractivity contribution in [2.75, 3.05) is 0 Å². The number of aryl methyl sites for hydroxylation is 2. The second-order valence-corrected chi connectivity index (χ2v) is 7.08. The zero-order chi connectivity index (χ0) is 24.6. The number of nitrogens with zero attached hydrogens (tertiary/aromatic N) is 3. The van der Waals surface area contributed by atoms with E-state index < -0.39 is 29.0 Å². The second kappa shape index (κ2) is 8.84. The highest BCUT2D eigenvalue weighted by Crippen LogP contribution is 2.40. The third-order valence-electron chi connectivity index (χ3n) is 4.91. The summed E-state index contributed by atoms with van der Waals surface area (Å²) in [5, 5.41) is 8.17. The molecule has 4 aromatic rings. The van der Waals surface area contributed by atoms with E-state index in [1.165, 1.54) is 0 Å². The molecular formula is C23H20F6N4. The van der Waals surface area contributed by atoms with E-state index in [-0.39, 0.29) is 17.4 Å². The molecule has 0 saturated heterocycles. The predicted octanol–water partition coefficient (Wildman–Crippen LogP) is 7.37. The molecule has 0 saturated carbocycles. The van der Waals surface area contributed by atoms with Crippen LogP contribution < -0.4 is 0 Å². The number of fused-ring (bicyclic) bond motifs is 1. The summed E-state index contributed by atoms with van der Waals surface area (Å²) in [5.74, 6) is 0.0255. The first-order valence-corrected chi connectivity index (χ1v) is 10.0. The fourth-order valence-corrected chi connectivity index (χ4v) is 3.12. The molecule has 0 unspecified atom stereocenters. The van der Waals surface area contributed by atoms with Gasteiger partial charge in [0.05, 0.1) is 28.0 Å². The number of hydrogen-bond donors (Lipinski definition) is 1.